The van der Waals surface area contributed by atoms with E-state index in [2.05, 4.69) is 10.2 Å². The Kier molecular flexibility index (Phi) is 7.41. The molecule has 0 spiro atoms. The van der Waals surface area contributed by atoms with Gasteiger partial charge in [-0.05, 0) is 36.1 Å². The molecule has 2 N–H and O–H groups in total. The lowest BCUT2D eigenvalue weighted by Gasteiger charge is -2.24. The molecule has 7 nitrogen and oxygen atoms in total. The first kappa shape index (κ1) is 21.8. The van der Waals surface area contributed by atoms with Gasteiger partial charge in [0.2, 0.25) is 0 Å². The molecule has 1 heterocycles. The highest BCUT2D eigenvalue weighted by Gasteiger charge is 2.29. The molecule has 2 aromatic carbocycles. The minimum Gasteiger partial charge on any atom is -0.465 e. The summed E-state index contributed by atoms with van der Waals surface area (Å²) in [5.74, 6) is 0. The maximum absolute atomic E-state index is 11.8. The van der Waals surface area contributed by atoms with Gasteiger partial charge in [0.15, 0.2) is 0 Å². The molecule has 1 fully saturated rings. The highest BCUT2D eigenvalue weighted by molar-refractivity contribution is 6.33. The maximum Gasteiger partial charge on any atom is 0.407 e. The number of rotatable bonds is 7. The van der Waals surface area contributed by atoms with E-state index in [0.29, 0.717) is 24.5 Å². The minimum absolute atomic E-state index is 0.0376. The van der Waals surface area contributed by atoms with Crippen LogP contribution in [0.2, 0.25) is 5.02 Å². The number of anilines is 1. The number of hydrogen-bond acceptors (Lipinski definition) is 4. The van der Waals surface area contributed by atoms with Gasteiger partial charge in [-0.2, -0.15) is 0 Å². The Labute approximate surface area is 181 Å². The van der Waals surface area contributed by atoms with Crippen LogP contribution in [0.25, 0.3) is 0 Å². The Balaban J connectivity index is 1.45. The van der Waals surface area contributed by atoms with Crippen molar-refractivity contribution in [3.8, 4) is 0 Å². The van der Waals surface area contributed by atoms with E-state index in [0.717, 1.165) is 29.8 Å². The highest BCUT2D eigenvalue weighted by atomic mass is 35.5. The number of alkyl carbamates (subject to hydrolysis) is 1. The van der Waals surface area contributed by atoms with Gasteiger partial charge >= 0.3 is 12.2 Å². The number of ether oxygens (including phenoxy) is 1. The molecule has 1 aliphatic heterocycles. The molecule has 2 aromatic rings. The molecule has 0 saturated carbocycles. The minimum atomic E-state index is -0.918. The molecule has 30 heavy (non-hydrogen) atoms. The summed E-state index contributed by atoms with van der Waals surface area (Å²) in [5, 5.41) is 12.5. The van der Waals surface area contributed by atoms with E-state index in [-0.39, 0.29) is 12.6 Å². The molecule has 0 unspecified atom stereocenters. The van der Waals surface area contributed by atoms with Crippen LogP contribution in [0.15, 0.2) is 48.5 Å². The predicted molar refractivity (Wildman–Crippen MR) is 116 cm³/mol. The smallest absolute Gasteiger partial charge is 0.407 e. The van der Waals surface area contributed by atoms with Crippen LogP contribution in [-0.4, -0.2) is 54.9 Å². The van der Waals surface area contributed by atoms with E-state index in [9.17, 15) is 9.59 Å². The number of carbonyl (C=O) groups excluding carboxylic acids is 1. The maximum atomic E-state index is 11.8. The standard InChI is InChI=1S/C22H26ClN3O4/c1-25(22(28)29)18-10-12-26(14-18)20-8-7-16(13-19(20)23)9-11-24-21(27)30-15-17-5-3-2-4-6-17/h2-8,13,18H,9-12,14-15H2,1H3,(H,24,27)(H,28,29)/t18-/m1/s1. The fourth-order valence-electron chi connectivity index (χ4n) is 3.48. The Morgan fingerprint density at radius 3 is 2.70 bits per heavy atom. The zero-order chi connectivity index (χ0) is 21.5. The largest absolute Gasteiger partial charge is 0.465 e. The molecular weight excluding hydrogens is 406 g/mol. The molecular formula is C22H26ClN3O4. The quantitative estimate of drug-likeness (QED) is 0.692. The summed E-state index contributed by atoms with van der Waals surface area (Å²) in [6, 6.07) is 15.3. The predicted octanol–water partition coefficient (Wildman–Crippen LogP) is 4.00. The van der Waals surface area contributed by atoms with Gasteiger partial charge in [-0.25, -0.2) is 9.59 Å². The van der Waals surface area contributed by atoms with Gasteiger partial charge in [0.1, 0.15) is 6.61 Å². The number of carboxylic acid groups (broad SMARTS) is 1. The number of benzene rings is 2. The summed E-state index contributed by atoms with van der Waals surface area (Å²) in [6.07, 6.45) is 0.0334. The number of halogens is 1. The van der Waals surface area contributed by atoms with Crippen molar-refractivity contribution in [2.24, 2.45) is 0 Å². The Morgan fingerprint density at radius 1 is 1.23 bits per heavy atom. The van der Waals surface area contributed by atoms with Crippen molar-refractivity contribution in [2.45, 2.75) is 25.5 Å². The molecule has 0 aliphatic carbocycles. The van der Waals surface area contributed by atoms with Crippen molar-refractivity contribution in [1.82, 2.24) is 10.2 Å². The molecule has 0 bridgehead atoms. The molecule has 3 rings (SSSR count). The van der Waals surface area contributed by atoms with Gasteiger partial charge < -0.3 is 25.0 Å². The average molecular weight is 432 g/mol. The molecule has 1 atom stereocenters. The second-order valence-corrected chi connectivity index (χ2v) is 7.71. The van der Waals surface area contributed by atoms with Crippen LogP contribution < -0.4 is 10.2 Å². The summed E-state index contributed by atoms with van der Waals surface area (Å²) in [4.78, 5) is 26.4. The molecule has 1 saturated heterocycles. The van der Waals surface area contributed by atoms with Crippen molar-refractivity contribution < 1.29 is 19.4 Å². The van der Waals surface area contributed by atoms with E-state index in [1.807, 2.05) is 48.5 Å². The zero-order valence-electron chi connectivity index (χ0n) is 16.9. The number of hydrogen-bond donors (Lipinski definition) is 2. The van der Waals surface area contributed by atoms with Gasteiger partial charge in [-0.15, -0.1) is 0 Å². The van der Waals surface area contributed by atoms with Crippen molar-refractivity contribution in [2.75, 3.05) is 31.6 Å². The first-order valence-electron chi connectivity index (χ1n) is 9.87. The molecule has 8 heteroatoms. The summed E-state index contributed by atoms with van der Waals surface area (Å²) in [6.45, 7) is 2.06. The molecule has 0 radical (unpaired) electrons. The fourth-order valence-corrected chi connectivity index (χ4v) is 3.80. The molecule has 1 aliphatic rings. The van der Waals surface area contributed by atoms with Crippen LogP contribution in [-0.2, 0) is 17.8 Å². The highest BCUT2D eigenvalue weighted by Crippen LogP contribution is 2.30. The van der Waals surface area contributed by atoms with E-state index < -0.39 is 12.2 Å². The SMILES string of the molecule is CN(C(=O)O)[C@@H]1CCN(c2ccc(CCNC(=O)OCc3ccccc3)cc2Cl)C1. The van der Waals surface area contributed by atoms with Crippen LogP contribution >= 0.6 is 11.6 Å². The third-order valence-electron chi connectivity index (χ3n) is 5.26. The average Bonchev–Trinajstić information content (AvgIpc) is 3.22. The number of nitrogens with zero attached hydrogens (tertiary/aromatic N) is 2. The zero-order valence-corrected chi connectivity index (χ0v) is 17.6. The Bertz CT molecular complexity index is 878. The van der Waals surface area contributed by atoms with Gasteiger partial charge in [0.25, 0.3) is 0 Å². The molecule has 2 amide bonds. The second-order valence-electron chi connectivity index (χ2n) is 7.31. The molecule has 0 aromatic heterocycles. The number of likely N-dealkylation sites (N-methyl/N-ethyl adjacent to an activating group) is 1. The number of nitrogens with one attached hydrogen (secondary N) is 1. The van der Waals surface area contributed by atoms with E-state index in [1.54, 1.807) is 7.05 Å². The Hall–Kier alpha value is -2.93. The van der Waals surface area contributed by atoms with Crippen LogP contribution in [0.5, 0.6) is 0 Å². The third kappa shape index (κ3) is 5.79. The van der Waals surface area contributed by atoms with Crippen molar-refractivity contribution >= 4 is 29.5 Å². The summed E-state index contributed by atoms with van der Waals surface area (Å²) in [7, 11) is 1.60. The van der Waals surface area contributed by atoms with Gasteiger partial charge in [-0.3, -0.25) is 0 Å². The molecule has 160 valence electrons. The van der Waals surface area contributed by atoms with Gasteiger partial charge in [0.05, 0.1) is 16.8 Å². The van der Waals surface area contributed by atoms with E-state index >= 15 is 0 Å². The summed E-state index contributed by atoms with van der Waals surface area (Å²) in [5.41, 5.74) is 2.84. The lowest BCUT2D eigenvalue weighted by atomic mass is 10.1. The van der Waals surface area contributed by atoms with Crippen LogP contribution in [0, 0.1) is 0 Å². The van der Waals surface area contributed by atoms with E-state index in [4.69, 9.17) is 21.4 Å². The lowest BCUT2D eigenvalue weighted by Crippen LogP contribution is -2.38. The Morgan fingerprint density at radius 2 is 2.00 bits per heavy atom. The van der Waals surface area contributed by atoms with Gasteiger partial charge in [0, 0.05) is 26.7 Å². The van der Waals surface area contributed by atoms with Crippen LogP contribution in [0.1, 0.15) is 17.5 Å². The lowest BCUT2D eigenvalue weighted by molar-refractivity contribution is 0.139. The first-order chi connectivity index (χ1) is 14.4. The fraction of sp³-hybridized carbons (Fsp3) is 0.364. The van der Waals surface area contributed by atoms with Crippen molar-refractivity contribution in [3.05, 3.63) is 64.7 Å². The topological polar surface area (TPSA) is 82.1 Å². The van der Waals surface area contributed by atoms with E-state index in [1.165, 1.54) is 4.90 Å². The van der Waals surface area contributed by atoms with Crippen LogP contribution in [0.3, 0.4) is 0 Å². The number of carbonyl (C=O) groups is 2. The van der Waals surface area contributed by atoms with Crippen molar-refractivity contribution in [3.63, 3.8) is 0 Å². The van der Waals surface area contributed by atoms with Crippen LogP contribution in [0.4, 0.5) is 15.3 Å². The van der Waals surface area contributed by atoms with Crippen molar-refractivity contribution in [1.29, 1.82) is 0 Å². The summed E-state index contributed by atoms with van der Waals surface area (Å²) >= 11 is 6.47. The van der Waals surface area contributed by atoms with Gasteiger partial charge in [-0.1, -0.05) is 48.0 Å². The second kappa shape index (κ2) is 10.2. The first-order valence-corrected chi connectivity index (χ1v) is 10.3. The normalized spacial score (nSPS) is 15.7. The monoisotopic (exact) mass is 431 g/mol. The number of amides is 2. The summed E-state index contributed by atoms with van der Waals surface area (Å²) < 4.78 is 5.19. The third-order valence-corrected chi connectivity index (χ3v) is 5.56.